The summed E-state index contributed by atoms with van der Waals surface area (Å²) in [4.78, 5) is 16.1. The van der Waals surface area contributed by atoms with Crippen molar-refractivity contribution in [3.63, 3.8) is 0 Å². The summed E-state index contributed by atoms with van der Waals surface area (Å²) in [5, 5.41) is 3.76. The molecule has 1 atom stereocenters. The second-order valence-corrected chi connectivity index (χ2v) is 6.64. The summed E-state index contributed by atoms with van der Waals surface area (Å²) >= 11 is 6.08. The average molecular weight is 345 g/mol. The van der Waals surface area contributed by atoms with Gasteiger partial charge in [-0.3, -0.25) is 4.79 Å². The van der Waals surface area contributed by atoms with Crippen molar-refractivity contribution in [3.05, 3.63) is 59.6 Å². The third-order valence-corrected chi connectivity index (χ3v) is 4.86. The number of benzene rings is 2. The molecule has 2 aromatic rings. The predicted octanol–water partition coefficient (Wildman–Crippen LogP) is 2.07. The molecule has 1 fully saturated rings. The predicted molar refractivity (Wildman–Crippen MR) is 98.9 cm³/mol. The fraction of sp³-hybridized carbons (Fsp3) is 0.316. The van der Waals surface area contributed by atoms with E-state index in [2.05, 4.69) is 16.3 Å². The summed E-state index contributed by atoms with van der Waals surface area (Å²) < 4.78 is 0. The largest absolute Gasteiger partial charge is 0.360 e. The van der Waals surface area contributed by atoms with Crippen LogP contribution in [0.25, 0.3) is 0 Å². The van der Waals surface area contributed by atoms with Gasteiger partial charge in [0.2, 0.25) is 0 Å². The van der Waals surface area contributed by atoms with Crippen molar-refractivity contribution < 1.29 is 9.69 Å². The van der Waals surface area contributed by atoms with Crippen LogP contribution in [0.15, 0.2) is 54.6 Å². The van der Waals surface area contributed by atoms with Gasteiger partial charge < -0.3 is 15.1 Å². The first-order valence-electron chi connectivity index (χ1n) is 8.34. The van der Waals surface area contributed by atoms with Crippen LogP contribution in [0.2, 0.25) is 5.02 Å². The van der Waals surface area contributed by atoms with Crippen LogP contribution in [0.4, 0.5) is 11.4 Å². The van der Waals surface area contributed by atoms with E-state index in [0.29, 0.717) is 0 Å². The number of carbonyl (C=O) groups excluding carboxylic acids is 1. The maximum atomic E-state index is 12.4. The van der Waals surface area contributed by atoms with Crippen LogP contribution in [0.3, 0.4) is 0 Å². The molecule has 24 heavy (non-hydrogen) atoms. The Balaban J connectivity index is 1.55. The first-order valence-corrected chi connectivity index (χ1v) is 8.72. The molecule has 0 aromatic heterocycles. The SMILES string of the molecule is C[C@@H](C(=O)Nc1ccccc1)[NH+]1CCN(c2cccc(Cl)c2)CC1. The number of quaternary nitrogens is 1. The van der Waals surface area contributed by atoms with Crippen LogP contribution in [0.5, 0.6) is 0 Å². The summed E-state index contributed by atoms with van der Waals surface area (Å²) in [5.41, 5.74) is 2.01. The van der Waals surface area contributed by atoms with E-state index < -0.39 is 0 Å². The second kappa shape index (κ2) is 7.69. The third kappa shape index (κ3) is 4.08. The van der Waals surface area contributed by atoms with Crippen LogP contribution >= 0.6 is 11.6 Å². The fourth-order valence-electron chi connectivity index (χ4n) is 3.12. The Morgan fingerprint density at radius 2 is 1.83 bits per heavy atom. The molecule has 126 valence electrons. The minimum Gasteiger partial charge on any atom is -0.360 e. The van der Waals surface area contributed by atoms with Gasteiger partial charge in [0.25, 0.3) is 5.91 Å². The number of rotatable bonds is 4. The summed E-state index contributed by atoms with van der Waals surface area (Å²) in [6, 6.07) is 17.5. The standard InChI is InChI=1S/C19H22ClN3O/c1-15(19(24)21-17-7-3-2-4-8-17)22-10-12-23(13-11-22)18-9-5-6-16(20)14-18/h2-9,14-15H,10-13H2,1H3,(H,21,24)/p+1/t15-/m0/s1. The Kier molecular flexibility index (Phi) is 5.38. The smallest absolute Gasteiger partial charge is 0.282 e. The first kappa shape index (κ1) is 16.8. The molecule has 1 aliphatic rings. The first-order chi connectivity index (χ1) is 11.6. The lowest BCUT2D eigenvalue weighted by atomic mass is 10.2. The quantitative estimate of drug-likeness (QED) is 0.891. The maximum absolute atomic E-state index is 12.4. The van der Waals surface area contributed by atoms with E-state index >= 15 is 0 Å². The van der Waals surface area contributed by atoms with Crippen molar-refractivity contribution in [2.45, 2.75) is 13.0 Å². The number of carbonyl (C=O) groups is 1. The van der Waals surface area contributed by atoms with Gasteiger partial charge in [-0.25, -0.2) is 0 Å². The van der Waals surface area contributed by atoms with Gasteiger partial charge in [-0.05, 0) is 37.3 Å². The molecule has 2 aromatic carbocycles. The molecule has 1 saturated heterocycles. The Morgan fingerprint density at radius 3 is 2.50 bits per heavy atom. The van der Waals surface area contributed by atoms with Crippen LogP contribution < -0.4 is 15.1 Å². The molecule has 1 heterocycles. The van der Waals surface area contributed by atoms with Gasteiger partial charge >= 0.3 is 0 Å². The van der Waals surface area contributed by atoms with E-state index in [0.717, 1.165) is 42.6 Å². The number of halogens is 1. The Morgan fingerprint density at radius 1 is 1.12 bits per heavy atom. The second-order valence-electron chi connectivity index (χ2n) is 6.20. The number of hydrogen-bond donors (Lipinski definition) is 2. The van der Waals surface area contributed by atoms with Crippen molar-refractivity contribution in [1.29, 1.82) is 0 Å². The van der Waals surface area contributed by atoms with E-state index in [1.54, 1.807) is 0 Å². The lowest BCUT2D eigenvalue weighted by Gasteiger charge is -2.36. The van der Waals surface area contributed by atoms with Crippen LogP contribution in [0.1, 0.15) is 6.92 Å². The zero-order valence-electron chi connectivity index (χ0n) is 13.8. The molecule has 2 N–H and O–H groups in total. The minimum absolute atomic E-state index is 0.0632. The Bertz CT molecular complexity index is 684. The van der Waals surface area contributed by atoms with E-state index in [4.69, 9.17) is 11.6 Å². The maximum Gasteiger partial charge on any atom is 0.282 e. The zero-order valence-corrected chi connectivity index (χ0v) is 14.6. The third-order valence-electron chi connectivity index (χ3n) is 4.63. The molecule has 0 spiro atoms. The highest BCUT2D eigenvalue weighted by Crippen LogP contribution is 2.19. The van der Waals surface area contributed by atoms with Gasteiger partial charge in [-0.2, -0.15) is 0 Å². The number of nitrogens with zero attached hydrogens (tertiary/aromatic N) is 1. The highest BCUT2D eigenvalue weighted by molar-refractivity contribution is 6.30. The van der Waals surface area contributed by atoms with Gasteiger partial charge in [0.1, 0.15) is 0 Å². The molecular weight excluding hydrogens is 322 g/mol. The fourth-order valence-corrected chi connectivity index (χ4v) is 3.30. The number of hydrogen-bond acceptors (Lipinski definition) is 2. The highest BCUT2D eigenvalue weighted by Gasteiger charge is 2.29. The summed E-state index contributed by atoms with van der Waals surface area (Å²) in [6.07, 6.45) is 0. The molecule has 0 saturated carbocycles. The van der Waals surface area contributed by atoms with Crippen LogP contribution in [-0.2, 0) is 4.79 Å². The summed E-state index contributed by atoms with van der Waals surface area (Å²) in [7, 11) is 0. The van der Waals surface area contributed by atoms with Crippen molar-refractivity contribution in [2.24, 2.45) is 0 Å². The number of amides is 1. The van der Waals surface area contributed by atoms with Gasteiger partial charge in [0, 0.05) is 16.4 Å². The molecule has 3 rings (SSSR count). The number of nitrogens with one attached hydrogen (secondary N) is 2. The van der Waals surface area contributed by atoms with Crippen molar-refractivity contribution in [1.82, 2.24) is 0 Å². The average Bonchev–Trinajstić information content (AvgIpc) is 2.62. The number of piperazine rings is 1. The highest BCUT2D eigenvalue weighted by atomic mass is 35.5. The minimum atomic E-state index is -0.0632. The Labute approximate surface area is 148 Å². The van der Waals surface area contributed by atoms with Gasteiger partial charge in [-0.15, -0.1) is 0 Å². The normalized spacial score (nSPS) is 16.7. The number of para-hydroxylation sites is 1. The Hall–Kier alpha value is -2.04. The lowest BCUT2D eigenvalue weighted by Crippen LogP contribution is -3.19. The summed E-state index contributed by atoms with van der Waals surface area (Å²) in [6.45, 7) is 5.74. The molecule has 0 unspecified atom stereocenters. The topological polar surface area (TPSA) is 36.8 Å². The van der Waals surface area contributed by atoms with Gasteiger partial charge in [0.15, 0.2) is 6.04 Å². The lowest BCUT2D eigenvalue weighted by molar-refractivity contribution is -0.914. The summed E-state index contributed by atoms with van der Waals surface area (Å²) in [5.74, 6) is 0.0763. The van der Waals surface area contributed by atoms with E-state index in [9.17, 15) is 4.79 Å². The molecule has 0 aliphatic carbocycles. The van der Waals surface area contributed by atoms with E-state index in [1.165, 1.54) is 4.90 Å². The molecular formula is C19H23ClN3O+. The molecule has 1 aliphatic heterocycles. The molecule has 4 nitrogen and oxygen atoms in total. The van der Waals surface area contributed by atoms with Gasteiger partial charge in [0.05, 0.1) is 26.2 Å². The molecule has 0 radical (unpaired) electrons. The number of anilines is 2. The molecule has 1 amide bonds. The van der Waals surface area contributed by atoms with Crippen molar-refractivity contribution >= 4 is 28.9 Å². The molecule has 0 bridgehead atoms. The van der Waals surface area contributed by atoms with E-state index in [1.807, 2.05) is 55.5 Å². The van der Waals surface area contributed by atoms with E-state index in [-0.39, 0.29) is 11.9 Å². The molecule has 5 heteroatoms. The van der Waals surface area contributed by atoms with Gasteiger partial charge in [-0.1, -0.05) is 35.9 Å². The van der Waals surface area contributed by atoms with Crippen molar-refractivity contribution in [3.8, 4) is 0 Å². The van der Waals surface area contributed by atoms with Crippen molar-refractivity contribution in [2.75, 3.05) is 36.4 Å². The monoisotopic (exact) mass is 344 g/mol. The van der Waals surface area contributed by atoms with Crippen LogP contribution in [0, 0.1) is 0 Å². The zero-order chi connectivity index (χ0) is 16.9. The van der Waals surface area contributed by atoms with Crippen LogP contribution in [-0.4, -0.2) is 38.1 Å².